The molecule has 2 rings (SSSR count). The molecule has 0 saturated heterocycles. The Morgan fingerprint density at radius 2 is 2.19 bits per heavy atom. The minimum absolute atomic E-state index is 0.208. The van der Waals surface area contributed by atoms with E-state index in [1.165, 1.54) is 6.20 Å². The standard InChI is InChI=1S/C16H19N3O2/c1-3-9-21-14-10-11(2)6-7-13(14)19-16(20)15-12(17)5-4-8-18-15/h4-8,10H,3,9,17H2,1-2H3,(H,19,20). The fourth-order valence-electron chi connectivity index (χ4n) is 1.85. The van der Waals surface area contributed by atoms with E-state index in [-0.39, 0.29) is 11.6 Å². The molecular weight excluding hydrogens is 266 g/mol. The van der Waals surface area contributed by atoms with E-state index in [9.17, 15) is 4.79 Å². The number of nitrogen functional groups attached to an aromatic ring is 1. The van der Waals surface area contributed by atoms with Crippen LogP contribution in [0.15, 0.2) is 36.5 Å². The van der Waals surface area contributed by atoms with Crippen LogP contribution in [-0.2, 0) is 0 Å². The van der Waals surface area contributed by atoms with Crippen molar-refractivity contribution in [2.45, 2.75) is 20.3 Å². The lowest BCUT2D eigenvalue weighted by Crippen LogP contribution is -2.16. The molecule has 0 aliphatic heterocycles. The zero-order valence-electron chi connectivity index (χ0n) is 12.2. The van der Waals surface area contributed by atoms with Crippen LogP contribution >= 0.6 is 0 Å². The number of benzene rings is 1. The molecule has 110 valence electrons. The molecular formula is C16H19N3O2. The van der Waals surface area contributed by atoms with E-state index in [0.29, 0.717) is 23.7 Å². The number of pyridine rings is 1. The van der Waals surface area contributed by atoms with Gasteiger partial charge in [-0.2, -0.15) is 0 Å². The number of carbonyl (C=O) groups is 1. The van der Waals surface area contributed by atoms with Crippen molar-refractivity contribution in [2.24, 2.45) is 0 Å². The summed E-state index contributed by atoms with van der Waals surface area (Å²) in [6.07, 6.45) is 2.43. The van der Waals surface area contributed by atoms with Gasteiger partial charge in [-0.3, -0.25) is 4.79 Å². The Bertz CT molecular complexity index is 641. The van der Waals surface area contributed by atoms with Crippen LogP contribution in [0.25, 0.3) is 0 Å². The summed E-state index contributed by atoms with van der Waals surface area (Å²) in [5.41, 5.74) is 8.00. The van der Waals surface area contributed by atoms with Crippen molar-refractivity contribution < 1.29 is 9.53 Å². The maximum Gasteiger partial charge on any atom is 0.276 e. The van der Waals surface area contributed by atoms with E-state index in [4.69, 9.17) is 10.5 Å². The van der Waals surface area contributed by atoms with Crippen molar-refractivity contribution in [1.82, 2.24) is 4.98 Å². The van der Waals surface area contributed by atoms with E-state index >= 15 is 0 Å². The third-order valence-electron chi connectivity index (χ3n) is 2.90. The van der Waals surface area contributed by atoms with Crippen molar-refractivity contribution in [2.75, 3.05) is 17.7 Å². The van der Waals surface area contributed by atoms with E-state index in [0.717, 1.165) is 12.0 Å². The summed E-state index contributed by atoms with van der Waals surface area (Å²) < 4.78 is 5.67. The van der Waals surface area contributed by atoms with Gasteiger partial charge in [0.2, 0.25) is 0 Å². The van der Waals surface area contributed by atoms with Crippen LogP contribution in [0.1, 0.15) is 29.4 Å². The highest BCUT2D eigenvalue weighted by molar-refractivity contribution is 6.06. The zero-order valence-corrected chi connectivity index (χ0v) is 12.2. The van der Waals surface area contributed by atoms with Gasteiger partial charge in [-0.15, -0.1) is 0 Å². The Morgan fingerprint density at radius 1 is 1.38 bits per heavy atom. The maximum atomic E-state index is 12.2. The number of ether oxygens (including phenoxy) is 1. The molecule has 1 heterocycles. The number of nitrogens with one attached hydrogen (secondary N) is 1. The van der Waals surface area contributed by atoms with Crippen LogP contribution in [0.3, 0.4) is 0 Å². The van der Waals surface area contributed by atoms with Gasteiger partial charge < -0.3 is 15.8 Å². The molecule has 1 aromatic carbocycles. The van der Waals surface area contributed by atoms with Gasteiger partial charge in [-0.05, 0) is 43.2 Å². The van der Waals surface area contributed by atoms with Crippen LogP contribution < -0.4 is 15.8 Å². The monoisotopic (exact) mass is 285 g/mol. The number of amides is 1. The number of rotatable bonds is 5. The van der Waals surface area contributed by atoms with Crippen LogP contribution in [0.5, 0.6) is 5.75 Å². The fourth-order valence-corrected chi connectivity index (χ4v) is 1.85. The molecule has 5 nitrogen and oxygen atoms in total. The second kappa shape index (κ2) is 6.74. The molecule has 3 N–H and O–H groups in total. The molecule has 1 aromatic heterocycles. The van der Waals surface area contributed by atoms with Gasteiger partial charge in [0.15, 0.2) is 5.69 Å². The summed E-state index contributed by atoms with van der Waals surface area (Å²) in [6, 6.07) is 8.96. The van der Waals surface area contributed by atoms with Crippen molar-refractivity contribution >= 4 is 17.3 Å². The zero-order chi connectivity index (χ0) is 15.2. The lowest BCUT2D eigenvalue weighted by atomic mass is 10.2. The third kappa shape index (κ3) is 3.72. The van der Waals surface area contributed by atoms with Crippen molar-refractivity contribution in [3.05, 3.63) is 47.8 Å². The average Bonchev–Trinajstić information content (AvgIpc) is 2.47. The Hall–Kier alpha value is -2.56. The Balaban J connectivity index is 2.23. The average molecular weight is 285 g/mol. The summed E-state index contributed by atoms with van der Waals surface area (Å²) in [4.78, 5) is 16.2. The highest BCUT2D eigenvalue weighted by Gasteiger charge is 2.13. The Morgan fingerprint density at radius 3 is 2.90 bits per heavy atom. The highest BCUT2D eigenvalue weighted by atomic mass is 16.5. The number of nitrogens with zero attached hydrogens (tertiary/aromatic N) is 1. The van der Waals surface area contributed by atoms with Crippen LogP contribution in [0.4, 0.5) is 11.4 Å². The lowest BCUT2D eigenvalue weighted by molar-refractivity contribution is 0.102. The number of aryl methyl sites for hydroxylation is 1. The molecule has 0 aliphatic rings. The van der Waals surface area contributed by atoms with Gasteiger partial charge in [-0.25, -0.2) is 4.98 Å². The van der Waals surface area contributed by atoms with Gasteiger partial charge in [0.1, 0.15) is 5.75 Å². The second-order valence-corrected chi connectivity index (χ2v) is 4.74. The first-order chi connectivity index (χ1) is 10.1. The van der Waals surface area contributed by atoms with E-state index in [2.05, 4.69) is 10.3 Å². The van der Waals surface area contributed by atoms with Crippen molar-refractivity contribution in [3.8, 4) is 5.75 Å². The topological polar surface area (TPSA) is 77.2 Å². The predicted octanol–water partition coefficient (Wildman–Crippen LogP) is 3.01. The molecule has 0 spiro atoms. The van der Waals surface area contributed by atoms with Crippen LogP contribution in [0, 0.1) is 6.92 Å². The number of anilines is 2. The summed E-state index contributed by atoms with van der Waals surface area (Å²) in [7, 11) is 0. The van der Waals surface area contributed by atoms with Gasteiger partial charge in [-0.1, -0.05) is 13.0 Å². The van der Waals surface area contributed by atoms with Crippen LogP contribution in [-0.4, -0.2) is 17.5 Å². The minimum atomic E-state index is -0.349. The maximum absolute atomic E-state index is 12.2. The fraction of sp³-hybridized carbons (Fsp3) is 0.250. The number of hydrogen-bond donors (Lipinski definition) is 2. The molecule has 5 heteroatoms. The van der Waals surface area contributed by atoms with Gasteiger partial charge in [0.25, 0.3) is 5.91 Å². The summed E-state index contributed by atoms with van der Waals surface area (Å²) in [5, 5.41) is 2.80. The highest BCUT2D eigenvalue weighted by Crippen LogP contribution is 2.26. The molecule has 21 heavy (non-hydrogen) atoms. The Kier molecular flexibility index (Phi) is 4.77. The molecule has 1 amide bonds. The first-order valence-electron chi connectivity index (χ1n) is 6.87. The number of carbonyl (C=O) groups excluding carboxylic acids is 1. The quantitative estimate of drug-likeness (QED) is 0.885. The molecule has 0 saturated carbocycles. The number of aromatic nitrogens is 1. The largest absolute Gasteiger partial charge is 0.491 e. The first-order valence-corrected chi connectivity index (χ1v) is 6.87. The van der Waals surface area contributed by atoms with Gasteiger partial charge >= 0.3 is 0 Å². The molecule has 0 unspecified atom stereocenters. The minimum Gasteiger partial charge on any atom is -0.491 e. The molecule has 0 bridgehead atoms. The SMILES string of the molecule is CCCOc1cc(C)ccc1NC(=O)c1ncccc1N. The van der Waals surface area contributed by atoms with E-state index < -0.39 is 0 Å². The molecule has 0 aliphatic carbocycles. The smallest absolute Gasteiger partial charge is 0.276 e. The third-order valence-corrected chi connectivity index (χ3v) is 2.90. The first kappa shape index (κ1) is 14.8. The normalized spacial score (nSPS) is 10.2. The van der Waals surface area contributed by atoms with Crippen LogP contribution in [0.2, 0.25) is 0 Å². The van der Waals surface area contributed by atoms with Crippen molar-refractivity contribution in [3.63, 3.8) is 0 Å². The van der Waals surface area contributed by atoms with E-state index in [1.807, 2.05) is 32.0 Å². The molecule has 2 aromatic rings. The lowest BCUT2D eigenvalue weighted by Gasteiger charge is -2.13. The van der Waals surface area contributed by atoms with Gasteiger partial charge in [0.05, 0.1) is 18.0 Å². The second-order valence-electron chi connectivity index (χ2n) is 4.74. The summed E-state index contributed by atoms with van der Waals surface area (Å²) >= 11 is 0. The summed E-state index contributed by atoms with van der Waals surface area (Å²) in [6.45, 7) is 4.60. The molecule has 0 atom stereocenters. The number of hydrogen-bond acceptors (Lipinski definition) is 4. The predicted molar refractivity (Wildman–Crippen MR) is 83.6 cm³/mol. The Labute approximate surface area is 124 Å². The number of nitrogens with two attached hydrogens (primary N) is 1. The molecule has 0 fully saturated rings. The van der Waals surface area contributed by atoms with E-state index in [1.54, 1.807) is 12.1 Å². The molecule has 0 radical (unpaired) electrons. The van der Waals surface area contributed by atoms with Crippen molar-refractivity contribution in [1.29, 1.82) is 0 Å². The van der Waals surface area contributed by atoms with Gasteiger partial charge in [0, 0.05) is 6.20 Å². The summed E-state index contributed by atoms with van der Waals surface area (Å²) in [5.74, 6) is 0.304.